The summed E-state index contributed by atoms with van der Waals surface area (Å²) in [5.41, 5.74) is 5.34. The zero-order valence-corrected chi connectivity index (χ0v) is 10.9. The number of ether oxygens (including phenoxy) is 1. The van der Waals surface area contributed by atoms with E-state index in [9.17, 15) is 18.0 Å². The molecule has 18 heavy (non-hydrogen) atoms. The first-order chi connectivity index (χ1) is 8.24. The summed E-state index contributed by atoms with van der Waals surface area (Å²) >= 11 is 4.71. The van der Waals surface area contributed by atoms with E-state index < -0.39 is 12.8 Å². The maximum Gasteiger partial charge on any atom is 0.411 e. The Hall–Kier alpha value is -0.890. The number of hydrogen-bond donors (Lipinski definition) is 2. The first kappa shape index (κ1) is 17.1. The van der Waals surface area contributed by atoms with Crippen LogP contribution in [0.3, 0.4) is 0 Å². The van der Waals surface area contributed by atoms with Crippen molar-refractivity contribution in [2.45, 2.75) is 38.4 Å². The Morgan fingerprint density at radius 1 is 1.50 bits per heavy atom. The smallest absolute Gasteiger partial charge is 0.393 e. The molecule has 0 saturated heterocycles. The number of alkyl halides is 3. The topological polar surface area (TPSA) is 64.3 Å². The Morgan fingerprint density at radius 3 is 2.56 bits per heavy atom. The summed E-state index contributed by atoms with van der Waals surface area (Å²) in [5.74, 6) is -0.375. The normalized spacial score (nSPS) is 13.1. The van der Waals surface area contributed by atoms with E-state index in [1.165, 1.54) is 0 Å². The summed E-state index contributed by atoms with van der Waals surface area (Å²) in [6.45, 7) is 0.239. The number of nitrogens with one attached hydrogen (secondary N) is 1. The van der Waals surface area contributed by atoms with Gasteiger partial charge in [-0.2, -0.15) is 13.2 Å². The van der Waals surface area contributed by atoms with Gasteiger partial charge in [-0.15, -0.1) is 0 Å². The van der Waals surface area contributed by atoms with Gasteiger partial charge in [0.15, 0.2) is 0 Å². The summed E-state index contributed by atoms with van der Waals surface area (Å²) < 4.78 is 39.5. The molecule has 0 radical (unpaired) electrons. The van der Waals surface area contributed by atoms with Crippen LogP contribution in [0.15, 0.2) is 0 Å². The minimum absolute atomic E-state index is 0.121. The molecule has 0 aliphatic heterocycles. The van der Waals surface area contributed by atoms with Crippen LogP contribution in [0.2, 0.25) is 0 Å². The number of thiocarbonyl (C=S) groups is 1. The van der Waals surface area contributed by atoms with Gasteiger partial charge in [0.2, 0.25) is 5.91 Å². The fraction of sp³-hybridized carbons (Fsp3) is 0.800. The second-order valence-corrected chi connectivity index (χ2v) is 4.29. The van der Waals surface area contributed by atoms with Gasteiger partial charge in [-0.05, 0) is 6.42 Å². The summed E-state index contributed by atoms with van der Waals surface area (Å²) in [5, 5.41) is 2.63. The lowest BCUT2D eigenvalue weighted by molar-refractivity contribution is -0.174. The molecule has 0 aliphatic carbocycles. The molecule has 1 atom stereocenters. The van der Waals surface area contributed by atoms with E-state index in [0.717, 1.165) is 0 Å². The highest BCUT2D eigenvalue weighted by atomic mass is 32.1. The monoisotopic (exact) mass is 286 g/mol. The lowest BCUT2D eigenvalue weighted by Crippen LogP contribution is -2.37. The van der Waals surface area contributed by atoms with Crippen LogP contribution >= 0.6 is 12.2 Å². The Balaban J connectivity index is 3.79. The van der Waals surface area contributed by atoms with E-state index in [0.29, 0.717) is 12.8 Å². The molecule has 1 amide bonds. The molecule has 0 aromatic heterocycles. The van der Waals surface area contributed by atoms with Gasteiger partial charge in [0.05, 0.1) is 11.6 Å². The van der Waals surface area contributed by atoms with Crippen LogP contribution in [0.4, 0.5) is 13.2 Å². The molecule has 1 unspecified atom stereocenters. The molecule has 0 fully saturated rings. The van der Waals surface area contributed by atoms with Crippen LogP contribution in [-0.2, 0) is 9.53 Å². The van der Waals surface area contributed by atoms with E-state index in [1.807, 2.05) is 6.92 Å². The Labute approximate surface area is 109 Å². The average Bonchev–Trinajstić information content (AvgIpc) is 2.21. The third-order valence-corrected chi connectivity index (χ3v) is 2.21. The number of halogens is 3. The van der Waals surface area contributed by atoms with E-state index in [4.69, 9.17) is 18.0 Å². The van der Waals surface area contributed by atoms with Gasteiger partial charge in [-0.1, -0.05) is 19.1 Å². The first-order valence-electron chi connectivity index (χ1n) is 5.46. The summed E-state index contributed by atoms with van der Waals surface area (Å²) in [6, 6.07) is -0.183. The van der Waals surface area contributed by atoms with Crippen molar-refractivity contribution in [3.05, 3.63) is 0 Å². The van der Waals surface area contributed by atoms with Crippen molar-refractivity contribution in [2.24, 2.45) is 5.73 Å². The third kappa shape index (κ3) is 10.3. The fourth-order valence-electron chi connectivity index (χ4n) is 1.19. The van der Waals surface area contributed by atoms with Gasteiger partial charge in [0.25, 0.3) is 0 Å². The maximum absolute atomic E-state index is 11.7. The number of amides is 1. The van der Waals surface area contributed by atoms with Crippen molar-refractivity contribution in [1.82, 2.24) is 5.32 Å². The summed E-state index contributed by atoms with van der Waals surface area (Å²) in [6.07, 6.45) is -3.47. The lowest BCUT2D eigenvalue weighted by Gasteiger charge is -2.16. The highest BCUT2D eigenvalue weighted by Gasteiger charge is 2.27. The molecule has 106 valence electrons. The number of rotatable bonds is 8. The van der Waals surface area contributed by atoms with Gasteiger partial charge in [0.1, 0.15) is 6.61 Å². The van der Waals surface area contributed by atoms with Gasteiger partial charge in [-0.25, -0.2) is 0 Å². The fourth-order valence-corrected chi connectivity index (χ4v) is 1.39. The molecule has 0 rings (SSSR count). The van der Waals surface area contributed by atoms with Crippen molar-refractivity contribution >= 4 is 23.1 Å². The predicted octanol–water partition coefficient (Wildman–Crippen LogP) is 1.53. The van der Waals surface area contributed by atoms with Gasteiger partial charge < -0.3 is 15.8 Å². The minimum atomic E-state index is -4.37. The number of hydrogen-bond acceptors (Lipinski definition) is 3. The lowest BCUT2D eigenvalue weighted by atomic mass is 10.1. The van der Waals surface area contributed by atoms with Crippen molar-refractivity contribution in [3.63, 3.8) is 0 Å². The van der Waals surface area contributed by atoms with Gasteiger partial charge >= 0.3 is 6.18 Å². The zero-order valence-electron chi connectivity index (χ0n) is 10.0. The Kier molecular flexibility index (Phi) is 7.85. The van der Waals surface area contributed by atoms with E-state index >= 15 is 0 Å². The number of carbonyl (C=O) groups is 1. The zero-order chi connectivity index (χ0) is 14.2. The maximum atomic E-state index is 11.7. The highest BCUT2D eigenvalue weighted by Crippen LogP contribution is 2.14. The Bertz CT molecular complexity index is 285. The minimum Gasteiger partial charge on any atom is -0.393 e. The molecule has 3 N–H and O–H groups in total. The van der Waals surface area contributed by atoms with Crippen LogP contribution in [0.1, 0.15) is 26.2 Å². The molecule has 0 spiro atoms. The molecule has 0 heterocycles. The molecule has 8 heteroatoms. The largest absolute Gasteiger partial charge is 0.411 e. The van der Waals surface area contributed by atoms with Gasteiger partial charge in [-0.3, -0.25) is 4.79 Å². The second kappa shape index (κ2) is 8.25. The SMILES string of the molecule is CCC(CC(N)=S)NC(=O)CCOCC(F)(F)F. The molecule has 4 nitrogen and oxygen atoms in total. The van der Waals surface area contributed by atoms with Crippen molar-refractivity contribution in [1.29, 1.82) is 0 Å². The molecule has 0 aromatic carbocycles. The average molecular weight is 286 g/mol. The van der Waals surface area contributed by atoms with Gasteiger partial charge in [0, 0.05) is 18.9 Å². The highest BCUT2D eigenvalue weighted by molar-refractivity contribution is 7.80. The second-order valence-electron chi connectivity index (χ2n) is 3.76. The number of nitrogens with two attached hydrogens (primary N) is 1. The van der Waals surface area contributed by atoms with Crippen LogP contribution in [0.25, 0.3) is 0 Å². The first-order valence-corrected chi connectivity index (χ1v) is 5.87. The standard InChI is InChI=1S/C10H17F3N2O2S/c1-2-7(5-8(14)18)15-9(16)3-4-17-6-10(11,12)13/h7H,2-6H2,1H3,(H2,14,18)(H,15,16). The molecule has 0 saturated carbocycles. The molecule has 0 aromatic rings. The van der Waals surface area contributed by atoms with Crippen molar-refractivity contribution < 1.29 is 22.7 Å². The van der Waals surface area contributed by atoms with E-state index in [1.54, 1.807) is 0 Å². The van der Waals surface area contributed by atoms with Crippen LogP contribution in [-0.4, -0.2) is 36.3 Å². The molecular formula is C10H17F3N2O2S. The molecule has 0 bridgehead atoms. The van der Waals surface area contributed by atoms with Crippen LogP contribution in [0, 0.1) is 0 Å². The Morgan fingerprint density at radius 2 is 2.11 bits per heavy atom. The summed E-state index contributed by atoms with van der Waals surface area (Å²) in [4.78, 5) is 11.6. The van der Waals surface area contributed by atoms with E-state index in [2.05, 4.69) is 10.1 Å². The van der Waals surface area contributed by atoms with Crippen LogP contribution in [0.5, 0.6) is 0 Å². The van der Waals surface area contributed by atoms with Crippen LogP contribution < -0.4 is 11.1 Å². The molecule has 0 aliphatic rings. The predicted molar refractivity (Wildman–Crippen MR) is 65.1 cm³/mol. The third-order valence-electron chi connectivity index (χ3n) is 2.04. The quantitative estimate of drug-likeness (QED) is 0.524. The summed E-state index contributed by atoms with van der Waals surface area (Å²) in [7, 11) is 0. The molecular weight excluding hydrogens is 269 g/mol. The van der Waals surface area contributed by atoms with Crippen molar-refractivity contribution in [3.8, 4) is 0 Å². The van der Waals surface area contributed by atoms with E-state index in [-0.39, 0.29) is 30.0 Å². The van der Waals surface area contributed by atoms with Crippen molar-refractivity contribution in [2.75, 3.05) is 13.2 Å². The number of carbonyl (C=O) groups excluding carboxylic acids is 1.